The first-order valence-corrected chi connectivity index (χ1v) is 10.8. The Hall–Kier alpha value is -2.93. The highest BCUT2D eigenvalue weighted by molar-refractivity contribution is 5.51. The summed E-state index contributed by atoms with van der Waals surface area (Å²) in [6, 6.07) is 6.22. The molecule has 0 amide bonds. The second-order valence-electron chi connectivity index (χ2n) is 9.09. The zero-order chi connectivity index (χ0) is 25.2. The molecule has 35 heavy (non-hydrogen) atoms. The van der Waals surface area contributed by atoms with Crippen molar-refractivity contribution in [3.05, 3.63) is 59.2 Å². The maximum Gasteiger partial charge on any atom is 0.435 e. The van der Waals surface area contributed by atoms with Crippen LogP contribution in [0.15, 0.2) is 36.4 Å². The lowest BCUT2D eigenvalue weighted by Gasteiger charge is -2.60. The van der Waals surface area contributed by atoms with Gasteiger partial charge in [0.1, 0.15) is 11.6 Å². The monoisotopic (exact) mass is 503 g/mol. The highest BCUT2D eigenvalue weighted by Gasteiger charge is 2.55. The van der Waals surface area contributed by atoms with Crippen molar-refractivity contribution < 1.29 is 35.8 Å². The number of aliphatic hydroxyl groups is 1. The third kappa shape index (κ3) is 4.31. The number of likely N-dealkylation sites (tertiary alicyclic amines) is 1. The van der Waals surface area contributed by atoms with Crippen LogP contribution in [0.25, 0.3) is 5.65 Å². The van der Waals surface area contributed by atoms with Gasteiger partial charge in [0.05, 0.1) is 12.1 Å². The Labute approximate surface area is 194 Å². The molecule has 188 valence electrons. The fourth-order valence-corrected chi connectivity index (χ4v) is 4.76. The van der Waals surface area contributed by atoms with Gasteiger partial charge in [-0.25, -0.2) is 9.37 Å². The molecule has 3 aromatic rings. The Kier molecular flexibility index (Phi) is 5.47. The van der Waals surface area contributed by atoms with Gasteiger partial charge < -0.3 is 10.4 Å². The van der Waals surface area contributed by atoms with Crippen LogP contribution < -0.4 is 5.32 Å². The number of hydrogen-bond acceptors (Lipinski definition) is 5. The van der Waals surface area contributed by atoms with Crippen LogP contribution in [0.3, 0.4) is 0 Å². The Bertz CT molecular complexity index is 1230. The first-order valence-electron chi connectivity index (χ1n) is 10.8. The van der Waals surface area contributed by atoms with Crippen LogP contribution in [-0.2, 0) is 12.4 Å². The minimum Gasteiger partial charge on any atom is -0.392 e. The van der Waals surface area contributed by atoms with Gasteiger partial charge in [-0.3, -0.25) is 4.90 Å². The third-order valence-corrected chi connectivity index (χ3v) is 6.84. The third-order valence-electron chi connectivity index (χ3n) is 6.84. The molecular weight excluding hydrogens is 483 g/mol. The van der Waals surface area contributed by atoms with Crippen molar-refractivity contribution in [3.63, 3.8) is 0 Å². The topological polar surface area (TPSA) is 65.7 Å². The molecule has 3 heterocycles. The minimum atomic E-state index is -4.89. The lowest BCUT2D eigenvalue weighted by atomic mass is 9.60. The maximum atomic E-state index is 13.5. The molecule has 1 aromatic carbocycles. The van der Waals surface area contributed by atoms with Crippen LogP contribution in [0.2, 0.25) is 0 Å². The van der Waals surface area contributed by atoms with Gasteiger partial charge in [-0.2, -0.15) is 36.0 Å². The number of halogens is 7. The Morgan fingerprint density at radius 3 is 2.23 bits per heavy atom. The van der Waals surface area contributed by atoms with Crippen molar-refractivity contribution in [1.82, 2.24) is 19.5 Å². The van der Waals surface area contributed by atoms with E-state index in [1.165, 1.54) is 12.1 Å². The SMILES string of the molecule is O[C@H]1CCC12CN([C@@H](CNc1cc(C(F)(F)F)nc3cc(C(F)(F)F)nn13)c1ccc(F)cc1)C2. The number of rotatable bonds is 5. The van der Waals surface area contributed by atoms with E-state index in [-0.39, 0.29) is 17.8 Å². The van der Waals surface area contributed by atoms with Gasteiger partial charge >= 0.3 is 12.4 Å². The highest BCUT2D eigenvalue weighted by Crippen LogP contribution is 2.50. The van der Waals surface area contributed by atoms with E-state index in [0.717, 1.165) is 6.42 Å². The molecule has 2 fully saturated rings. The van der Waals surface area contributed by atoms with Gasteiger partial charge in [0.15, 0.2) is 17.0 Å². The first-order chi connectivity index (χ1) is 16.4. The maximum absolute atomic E-state index is 13.5. The van der Waals surface area contributed by atoms with Crippen molar-refractivity contribution in [2.75, 3.05) is 25.0 Å². The van der Waals surface area contributed by atoms with Gasteiger partial charge in [0, 0.05) is 37.2 Å². The number of fused-ring (bicyclic) bond motifs is 1. The van der Waals surface area contributed by atoms with Crippen molar-refractivity contribution in [2.24, 2.45) is 5.41 Å². The predicted octanol–water partition coefficient (Wildman–Crippen LogP) is 4.52. The molecule has 2 N–H and O–H groups in total. The van der Waals surface area contributed by atoms with Crippen molar-refractivity contribution >= 4 is 11.5 Å². The second-order valence-corrected chi connectivity index (χ2v) is 9.09. The van der Waals surface area contributed by atoms with E-state index in [2.05, 4.69) is 15.4 Å². The summed E-state index contributed by atoms with van der Waals surface area (Å²) >= 11 is 0. The van der Waals surface area contributed by atoms with Crippen LogP contribution >= 0.6 is 0 Å². The van der Waals surface area contributed by atoms with Gasteiger partial charge in [-0.1, -0.05) is 12.1 Å². The highest BCUT2D eigenvalue weighted by atomic mass is 19.4. The van der Waals surface area contributed by atoms with Crippen LogP contribution in [0, 0.1) is 11.2 Å². The molecular formula is C22H20F7N5O. The number of benzene rings is 1. The molecule has 2 aromatic heterocycles. The van der Waals surface area contributed by atoms with Crippen LogP contribution in [0.1, 0.15) is 35.8 Å². The van der Waals surface area contributed by atoms with Gasteiger partial charge in [-0.05, 0) is 30.5 Å². The number of anilines is 1. The largest absolute Gasteiger partial charge is 0.435 e. The van der Waals surface area contributed by atoms with E-state index in [1.807, 2.05) is 4.90 Å². The number of alkyl halides is 6. The molecule has 0 bridgehead atoms. The minimum absolute atomic E-state index is 0.00453. The summed E-state index contributed by atoms with van der Waals surface area (Å²) in [7, 11) is 0. The summed E-state index contributed by atoms with van der Waals surface area (Å²) in [4.78, 5) is 5.30. The quantitative estimate of drug-likeness (QED) is 0.502. The number of aliphatic hydroxyl groups excluding tert-OH is 1. The van der Waals surface area contributed by atoms with E-state index in [9.17, 15) is 35.8 Å². The van der Waals surface area contributed by atoms with E-state index in [1.54, 1.807) is 12.1 Å². The molecule has 2 atom stereocenters. The molecule has 1 aliphatic carbocycles. The average Bonchev–Trinajstić information content (AvgIpc) is 3.19. The number of nitrogens with one attached hydrogen (secondary N) is 1. The van der Waals surface area contributed by atoms with Gasteiger partial charge in [-0.15, -0.1) is 0 Å². The number of nitrogens with zero attached hydrogens (tertiary/aromatic N) is 4. The summed E-state index contributed by atoms with van der Waals surface area (Å²) < 4.78 is 93.8. The molecule has 13 heteroatoms. The normalized spacial score (nSPS) is 21.1. The molecule has 1 aliphatic heterocycles. The van der Waals surface area contributed by atoms with Crippen molar-refractivity contribution in [3.8, 4) is 0 Å². The van der Waals surface area contributed by atoms with Crippen LogP contribution in [-0.4, -0.2) is 50.3 Å². The zero-order valence-corrected chi connectivity index (χ0v) is 18.0. The number of aromatic nitrogens is 3. The summed E-state index contributed by atoms with van der Waals surface area (Å²) in [6.07, 6.45) is -8.64. The van der Waals surface area contributed by atoms with E-state index < -0.39 is 47.4 Å². The molecule has 6 nitrogen and oxygen atoms in total. The van der Waals surface area contributed by atoms with Crippen molar-refractivity contribution in [2.45, 2.75) is 37.3 Å². The van der Waals surface area contributed by atoms with Gasteiger partial charge in [0.2, 0.25) is 0 Å². The Morgan fingerprint density at radius 1 is 1.03 bits per heavy atom. The molecule has 0 radical (unpaired) electrons. The summed E-state index contributed by atoms with van der Waals surface area (Å²) in [5, 5.41) is 16.3. The fraction of sp³-hybridized carbons (Fsp3) is 0.455. The summed E-state index contributed by atoms with van der Waals surface area (Å²) in [6.45, 7) is 1.07. The summed E-state index contributed by atoms with van der Waals surface area (Å²) in [5.74, 6) is -0.777. The molecule has 1 saturated carbocycles. The van der Waals surface area contributed by atoms with Crippen molar-refractivity contribution in [1.29, 1.82) is 0 Å². The fourth-order valence-electron chi connectivity index (χ4n) is 4.76. The summed E-state index contributed by atoms with van der Waals surface area (Å²) in [5.41, 5.74) is -2.89. The zero-order valence-electron chi connectivity index (χ0n) is 18.0. The molecule has 5 rings (SSSR count). The molecule has 1 spiro atoms. The van der Waals surface area contributed by atoms with Crippen LogP contribution in [0.5, 0.6) is 0 Å². The smallest absolute Gasteiger partial charge is 0.392 e. The van der Waals surface area contributed by atoms with Crippen LogP contribution in [0.4, 0.5) is 36.6 Å². The number of hydrogen-bond donors (Lipinski definition) is 2. The lowest BCUT2D eigenvalue weighted by Crippen LogP contribution is -2.67. The molecule has 0 unspecified atom stereocenters. The van der Waals surface area contributed by atoms with E-state index >= 15 is 0 Å². The van der Waals surface area contributed by atoms with Gasteiger partial charge in [0.25, 0.3) is 0 Å². The molecule has 1 saturated heterocycles. The Balaban J connectivity index is 1.47. The van der Waals surface area contributed by atoms with E-state index in [0.29, 0.717) is 41.7 Å². The van der Waals surface area contributed by atoms with E-state index in [4.69, 9.17) is 0 Å². The first kappa shape index (κ1) is 23.8. The second kappa shape index (κ2) is 8.05. The average molecular weight is 503 g/mol. The molecule has 2 aliphatic rings. The predicted molar refractivity (Wildman–Crippen MR) is 110 cm³/mol. The Morgan fingerprint density at radius 2 is 1.69 bits per heavy atom. The lowest BCUT2D eigenvalue weighted by molar-refractivity contribution is -0.169. The standard InChI is InChI=1S/C22H20F7N5O/c23-13-3-1-12(2-4-13)14(33-10-20(11-33)6-5-17(20)35)9-30-18-7-15(21(24,25)26)31-19-8-16(22(27,28)29)32-34(18)19/h1-4,7-8,14,17,30,35H,5-6,9-11H2/t14-,17-/m0/s1.